The molecular weight excluding hydrogens is 176 g/mol. The zero-order valence-electron chi connectivity index (χ0n) is 8.90. The number of hydrogen-bond donors (Lipinski definition) is 1. The molecule has 1 aromatic rings. The quantitative estimate of drug-likeness (QED) is 0.726. The first-order valence-electron chi connectivity index (χ1n) is 5.16. The maximum atomic E-state index is 5.79. The molecule has 0 saturated carbocycles. The van der Waals surface area contributed by atoms with Crippen LogP contribution in [0.25, 0.3) is 0 Å². The summed E-state index contributed by atoms with van der Waals surface area (Å²) in [6, 6.07) is 0.506. The van der Waals surface area contributed by atoms with Gasteiger partial charge in [-0.2, -0.15) is 5.10 Å². The van der Waals surface area contributed by atoms with E-state index in [1.807, 2.05) is 6.92 Å². The van der Waals surface area contributed by atoms with Gasteiger partial charge in [0.15, 0.2) is 0 Å². The summed E-state index contributed by atoms with van der Waals surface area (Å²) in [7, 11) is 2.16. The summed E-state index contributed by atoms with van der Waals surface area (Å²) in [6.07, 6.45) is 4.22. The van der Waals surface area contributed by atoms with E-state index in [1.54, 1.807) is 6.20 Å². The van der Waals surface area contributed by atoms with Crippen molar-refractivity contribution in [3.8, 4) is 0 Å². The van der Waals surface area contributed by atoms with Gasteiger partial charge in [-0.25, -0.2) is 0 Å². The summed E-state index contributed by atoms with van der Waals surface area (Å²) >= 11 is 0. The fourth-order valence-corrected chi connectivity index (χ4v) is 2.14. The molecule has 1 fully saturated rings. The van der Waals surface area contributed by atoms with Crippen LogP contribution in [0.5, 0.6) is 0 Å². The molecule has 0 bridgehead atoms. The molecular formula is C10H18N4. The van der Waals surface area contributed by atoms with Gasteiger partial charge in [0, 0.05) is 6.54 Å². The number of likely N-dealkylation sites (tertiary alicyclic amines) is 1. The van der Waals surface area contributed by atoms with Gasteiger partial charge in [0.05, 0.1) is 23.6 Å². The molecule has 0 spiro atoms. The summed E-state index contributed by atoms with van der Waals surface area (Å²) in [5, 5.41) is 4.34. The van der Waals surface area contributed by atoms with Gasteiger partial charge in [0.2, 0.25) is 0 Å². The van der Waals surface area contributed by atoms with Crippen molar-refractivity contribution in [3.63, 3.8) is 0 Å². The van der Waals surface area contributed by atoms with Crippen molar-refractivity contribution in [3.05, 3.63) is 11.9 Å². The predicted octanol–water partition coefficient (Wildman–Crippen LogP) is 1.04. The Morgan fingerprint density at radius 1 is 1.57 bits per heavy atom. The van der Waals surface area contributed by atoms with Crippen molar-refractivity contribution in [1.82, 2.24) is 14.7 Å². The van der Waals surface area contributed by atoms with Crippen LogP contribution in [0.1, 0.15) is 24.6 Å². The van der Waals surface area contributed by atoms with E-state index in [1.165, 1.54) is 19.4 Å². The Morgan fingerprint density at radius 3 is 2.93 bits per heavy atom. The van der Waals surface area contributed by atoms with E-state index in [0.717, 1.165) is 17.9 Å². The van der Waals surface area contributed by atoms with E-state index in [9.17, 15) is 0 Å². The third-order valence-electron chi connectivity index (χ3n) is 3.03. The van der Waals surface area contributed by atoms with Gasteiger partial charge in [0.25, 0.3) is 0 Å². The highest BCUT2D eigenvalue weighted by molar-refractivity contribution is 5.39. The minimum atomic E-state index is 0.506. The monoisotopic (exact) mass is 194 g/mol. The van der Waals surface area contributed by atoms with Crippen LogP contribution in [-0.4, -0.2) is 34.8 Å². The Kier molecular flexibility index (Phi) is 2.46. The zero-order chi connectivity index (χ0) is 10.1. The molecule has 4 heteroatoms. The number of aromatic nitrogens is 2. The maximum absolute atomic E-state index is 5.79. The first-order chi connectivity index (χ1) is 6.68. The molecule has 1 aliphatic heterocycles. The second-order valence-electron chi connectivity index (χ2n) is 4.19. The second-order valence-corrected chi connectivity index (χ2v) is 4.19. The lowest BCUT2D eigenvalue weighted by Crippen LogP contribution is -2.34. The van der Waals surface area contributed by atoms with Crippen molar-refractivity contribution in [2.75, 3.05) is 25.9 Å². The standard InChI is InChI=1S/C10H18N4/c1-8-10(11)6-12-14(8)9-4-3-5-13(2)7-9/h6,9H,3-5,7,11H2,1-2H3. The summed E-state index contributed by atoms with van der Waals surface area (Å²) < 4.78 is 2.07. The smallest absolute Gasteiger partial charge is 0.0730 e. The number of piperidine rings is 1. The molecule has 0 radical (unpaired) electrons. The largest absolute Gasteiger partial charge is 0.396 e. The molecule has 1 saturated heterocycles. The average Bonchev–Trinajstić information content (AvgIpc) is 2.48. The summed E-state index contributed by atoms with van der Waals surface area (Å²) in [6.45, 7) is 4.32. The first kappa shape index (κ1) is 9.52. The molecule has 0 aliphatic carbocycles. The van der Waals surface area contributed by atoms with E-state index in [0.29, 0.717) is 6.04 Å². The molecule has 1 aromatic heterocycles. The fraction of sp³-hybridized carbons (Fsp3) is 0.700. The Hall–Kier alpha value is -1.03. The number of nitrogens with two attached hydrogens (primary N) is 1. The third kappa shape index (κ3) is 1.62. The molecule has 0 aromatic carbocycles. The fourth-order valence-electron chi connectivity index (χ4n) is 2.14. The predicted molar refractivity (Wildman–Crippen MR) is 57.1 cm³/mol. The lowest BCUT2D eigenvalue weighted by molar-refractivity contribution is 0.201. The molecule has 1 atom stereocenters. The van der Waals surface area contributed by atoms with Gasteiger partial charge in [-0.05, 0) is 33.4 Å². The molecule has 2 N–H and O–H groups in total. The number of likely N-dealkylation sites (N-methyl/N-ethyl adjacent to an activating group) is 1. The summed E-state index contributed by atoms with van der Waals surface area (Å²) in [4.78, 5) is 2.35. The van der Waals surface area contributed by atoms with Crippen molar-refractivity contribution < 1.29 is 0 Å². The van der Waals surface area contributed by atoms with E-state index in [2.05, 4.69) is 21.7 Å². The Morgan fingerprint density at radius 2 is 2.36 bits per heavy atom. The van der Waals surface area contributed by atoms with Gasteiger partial charge in [0.1, 0.15) is 0 Å². The lowest BCUT2D eigenvalue weighted by Gasteiger charge is -2.30. The number of anilines is 1. The van der Waals surface area contributed by atoms with Gasteiger partial charge >= 0.3 is 0 Å². The van der Waals surface area contributed by atoms with Gasteiger partial charge in [-0.3, -0.25) is 4.68 Å². The molecule has 0 amide bonds. The van der Waals surface area contributed by atoms with E-state index < -0.39 is 0 Å². The van der Waals surface area contributed by atoms with Crippen LogP contribution < -0.4 is 5.73 Å². The molecule has 14 heavy (non-hydrogen) atoms. The van der Waals surface area contributed by atoms with Crippen LogP contribution in [0, 0.1) is 6.92 Å². The number of hydrogen-bond acceptors (Lipinski definition) is 3. The van der Waals surface area contributed by atoms with Crippen molar-refractivity contribution in [1.29, 1.82) is 0 Å². The normalized spacial score (nSPS) is 24.0. The van der Waals surface area contributed by atoms with Crippen LogP contribution in [0.2, 0.25) is 0 Å². The van der Waals surface area contributed by atoms with Gasteiger partial charge in [-0.1, -0.05) is 0 Å². The van der Waals surface area contributed by atoms with Crippen LogP contribution in [0.15, 0.2) is 6.20 Å². The van der Waals surface area contributed by atoms with E-state index in [4.69, 9.17) is 5.73 Å². The minimum absolute atomic E-state index is 0.506. The van der Waals surface area contributed by atoms with Crippen LogP contribution in [0.4, 0.5) is 5.69 Å². The SMILES string of the molecule is Cc1c(N)cnn1C1CCCN(C)C1. The molecule has 2 rings (SSSR count). The summed E-state index contributed by atoms with van der Waals surface area (Å²) in [5.41, 5.74) is 7.69. The molecule has 1 unspecified atom stereocenters. The highest BCUT2D eigenvalue weighted by Crippen LogP contribution is 2.23. The van der Waals surface area contributed by atoms with E-state index >= 15 is 0 Å². The minimum Gasteiger partial charge on any atom is -0.396 e. The van der Waals surface area contributed by atoms with Gasteiger partial charge in [-0.15, -0.1) is 0 Å². The lowest BCUT2D eigenvalue weighted by atomic mass is 10.1. The number of nitrogen functional groups attached to an aromatic ring is 1. The van der Waals surface area contributed by atoms with Crippen molar-refractivity contribution in [2.24, 2.45) is 0 Å². The molecule has 78 valence electrons. The number of rotatable bonds is 1. The first-order valence-corrected chi connectivity index (χ1v) is 5.16. The molecule has 2 heterocycles. The van der Waals surface area contributed by atoms with Gasteiger partial charge < -0.3 is 10.6 Å². The second kappa shape index (κ2) is 3.61. The van der Waals surface area contributed by atoms with Crippen LogP contribution >= 0.6 is 0 Å². The molecule has 4 nitrogen and oxygen atoms in total. The zero-order valence-corrected chi connectivity index (χ0v) is 8.90. The van der Waals surface area contributed by atoms with Crippen molar-refractivity contribution in [2.45, 2.75) is 25.8 Å². The average molecular weight is 194 g/mol. The van der Waals surface area contributed by atoms with Crippen molar-refractivity contribution >= 4 is 5.69 Å². The Labute approximate surface area is 84.7 Å². The third-order valence-corrected chi connectivity index (χ3v) is 3.03. The Balaban J connectivity index is 2.18. The maximum Gasteiger partial charge on any atom is 0.0730 e. The molecule has 1 aliphatic rings. The topological polar surface area (TPSA) is 47.1 Å². The highest BCUT2D eigenvalue weighted by atomic mass is 15.3. The highest BCUT2D eigenvalue weighted by Gasteiger charge is 2.20. The van der Waals surface area contributed by atoms with Crippen LogP contribution in [-0.2, 0) is 0 Å². The van der Waals surface area contributed by atoms with Crippen LogP contribution in [0.3, 0.4) is 0 Å². The number of nitrogens with zero attached hydrogens (tertiary/aromatic N) is 3. The Bertz CT molecular complexity index is 318. The summed E-state index contributed by atoms with van der Waals surface area (Å²) in [5.74, 6) is 0. The van der Waals surface area contributed by atoms with E-state index in [-0.39, 0.29) is 0 Å².